The van der Waals surface area contributed by atoms with Gasteiger partial charge in [0.2, 0.25) is 11.8 Å². The number of hydrogen-bond acceptors (Lipinski definition) is 2. The monoisotopic (exact) mass is 217 g/mol. The maximum absolute atomic E-state index is 11.5. The van der Waals surface area contributed by atoms with Crippen molar-refractivity contribution in [1.29, 1.82) is 0 Å². The van der Waals surface area contributed by atoms with Crippen LogP contribution in [0, 0.1) is 6.07 Å². The number of carbonyl (C=O) groups excluding carboxylic acids is 2. The van der Waals surface area contributed by atoms with Gasteiger partial charge in [-0.05, 0) is 23.6 Å². The summed E-state index contributed by atoms with van der Waals surface area (Å²) in [7, 11) is 0. The van der Waals surface area contributed by atoms with E-state index in [1.165, 1.54) is 11.8 Å². The Morgan fingerprint density at radius 3 is 2.94 bits per heavy atom. The van der Waals surface area contributed by atoms with Crippen LogP contribution in [0.25, 0.3) is 0 Å². The molecule has 4 nitrogen and oxygen atoms in total. The van der Waals surface area contributed by atoms with Crippen LogP contribution in [-0.2, 0) is 16.0 Å². The van der Waals surface area contributed by atoms with Crippen LogP contribution in [0.3, 0.4) is 0 Å². The van der Waals surface area contributed by atoms with Crippen molar-refractivity contribution >= 4 is 11.8 Å². The quantitative estimate of drug-likeness (QED) is 0.740. The van der Waals surface area contributed by atoms with Gasteiger partial charge in [0.15, 0.2) is 0 Å². The number of nitrogens with two attached hydrogens (primary N) is 1. The minimum absolute atomic E-state index is 0.123. The summed E-state index contributed by atoms with van der Waals surface area (Å²) in [6.07, 6.45) is 0.746. The third kappa shape index (κ3) is 1.66. The number of primary amides is 1. The summed E-state index contributed by atoms with van der Waals surface area (Å²) >= 11 is 0. The largest absolute Gasteiger partial charge is 0.368 e. The Kier molecular flexibility index (Phi) is 2.64. The first-order valence-electron chi connectivity index (χ1n) is 5.16. The van der Waals surface area contributed by atoms with E-state index in [4.69, 9.17) is 5.73 Å². The van der Waals surface area contributed by atoms with E-state index in [-0.39, 0.29) is 5.91 Å². The molecule has 1 radical (unpaired) electrons. The minimum Gasteiger partial charge on any atom is -0.368 e. The van der Waals surface area contributed by atoms with E-state index in [0.29, 0.717) is 6.54 Å². The number of carbonyl (C=O) groups is 2. The van der Waals surface area contributed by atoms with E-state index < -0.39 is 11.9 Å². The van der Waals surface area contributed by atoms with Gasteiger partial charge in [0, 0.05) is 13.5 Å². The fourth-order valence-electron chi connectivity index (χ4n) is 2.14. The number of benzene rings is 1. The average molecular weight is 217 g/mol. The molecule has 2 amide bonds. The van der Waals surface area contributed by atoms with E-state index in [9.17, 15) is 9.59 Å². The summed E-state index contributed by atoms with van der Waals surface area (Å²) in [4.78, 5) is 24.4. The van der Waals surface area contributed by atoms with Crippen LogP contribution in [0.1, 0.15) is 24.1 Å². The molecule has 1 heterocycles. The van der Waals surface area contributed by atoms with E-state index in [0.717, 1.165) is 17.5 Å². The second kappa shape index (κ2) is 3.96. The molecule has 0 spiro atoms. The molecule has 0 aliphatic carbocycles. The number of rotatable bonds is 1. The summed E-state index contributed by atoms with van der Waals surface area (Å²) < 4.78 is 0. The fraction of sp³-hybridized carbons (Fsp3) is 0.333. The fourth-order valence-corrected chi connectivity index (χ4v) is 2.14. The summed E-state index contributed by atoms with van der Waals surface area (Å²) in [5, 5.41) is 0. The normalized spacial score (nSPS) is 19.1. The van der Waals surface area contributed by atoms with Crippen molar-refractivity contribution in [2.24, 2.45) is 5.73 Å². The second-order valence-electron chi connectivity index (χ2n) is 3.89. The number of amides is 2. The molecule has 4 heteroatoms. The second-order valence-corrected chi connectivity index (χ2v) is 3.89. The Hall–Kier alpha value is -1.84. The molecule has 0 bridgehead atoms. The van der Waals surface area contributed by atoms with Crippen molar-refractivity contribution in [2.45, 2.75) is 19.4 Å². The first kappa shape index (κ1) is 10.7. The minimum atomic E-state index is -0.629. The molecule has 16 heavy (non-hydrogen) atoms. The standard InChI is InChI=1S/C12H13N2O2/c1-8(15)14-7-6-9-4-2-3-5-10(9)11(14)12(13)16/h3-5,11H,6-7H2,1H3,(H2,13,16). The molecular weight excluding hydrogens is 204 g/mol. The Balaban J connectivity index is 2.47. The van der Waals surface area contributed by atoms with Gasteiger partial charge in [-0.25, -0.2) is 0 Å². The molecule has 1 aliphatic heterocycles. The van der Waals surface area contributed by atoms with E-state index in [1.807, 2.05) is 6.07 Å². The molecule has 0 aromatic heterocycles. The topological polar surface area (TPSA) is 63.4 Å². The van der Waals surface area contributed by atoms with Gasteiger partial charge in [0.25, 0.3) is 0 Å². The third-order valence-electron chi connectivity index (χ3n) is 2.89. The Morgan fingerprint density at radius 2 is 2.31 bits per heavy atom. The molecular formula is C12H13N2O2. The third-order valence-corrected chi connectivity index (χ3v) is 2.89. The van der Waals surface area contributed by atoms with Crippen LogP contribution in [-0.4, -0.2) is 23.3 Å². The molecule has 0 saturated carbocycles. The lowest BCUT2D eigenvalue weighted by atomic mass is 9.92. The van der Waals surface area contributed by atoms with Gasteiger partial charge in [-0.3, -0.25) is 9.59 Å². The summed E-state index contributed by atoms with van der Waals surface area (Å²) in [6, 6.07) is 7.73. The zero-order valence-corrected chi connectivity index (χ0v) is 9.06. The first-order chi connectivity index (χ1) is 7.61. The summed E-state index contributed by atoms with van der Waals surface area (Å²) in [5.41, 5.74) is 7.24. The van der Waals surface area contributed by atoms with Crippen LogP contribution in [0.5, 0.6) is 0 Å². The smallest absolute Gasteiger partial charge is 0.244 e. The highest BCUT2D eigenvalue weighted by molar-refractivity contribution is 5.87. The van der Waals surface area contributed by atoms with Gasteiger partial charge in [0.05, 0.1) is 0 Å². The van der Waals surface area contributed by atoms with Crippen molar-refractivity contribution in [3.63, 3.8) is 0 Å². The molecule has 2 N–H and O–H groups in total. The molecule has 2 rings (SSSR count). The molecule has 0 saturated heterocycles. The number of nitrogens with zero attached hydrogens (tertiary/aromatic N) is 1. The van der Waals surface area contributed by atoms with E-state index >= 15 is 0 Å². The van der Waals surface area contributed by atoms with Gasteiger partial charge < -0.3 is 10.6 Å². The lowest BCUT2D eigenvalue weighted by Gasteiger charge is -2.34. The Bertz CT molecular complexity index is 442. The predicted molar refractivity (Wildman–Crippen MR) is 58.3 cm³/mol. The van der Waals surface area contributed by atoms with Crippen molar-refractivity contribution in [1.82, 2.24) is 4.90 Å². The van der Waals surface area contributed by atoms with Gasteiger partial charge >= 0.3 is 0 Å². The highest BCUT2D eigenvalue weighted by Crippen LogP contribution is 2.29. The number of fused-ring (bicyclic) bond motifs is 1. The van der Waals surface area contributed by atoms with Gasteiger partial charge in [-0.2, -0.15) is 0 Å². The first-order valence-corrected chi connectivity index (χ1v) is 5.16. The predicted octanol–water partition coefficient (Wildman–Crippen LogP) is 0.418. The lowest BCUT2D eigenvalue weighted by Crippen LogP contribution is -2.44. The van der Waals surface area contributed by atoms with Gasteiger partial charge in [-0.15, -0.1) is 0 Å². The van der Waals surface area contributed by atoms with E-state index in [2.05, 4.69) is 6.07 Å². The van der Waals surface area contributed by atoms with Gasteiger partial charge in [-0.1, -0.05) is 18.2 Å². The van der Waals surface area contributed by atoms with Crippen molar-refractivity contribution in [3.05, 3.63) is 35.4 Å². The molecule has 0 fully saturated rings. The van der Waals surface area contributed by atoms with Crippen molar-refractivity contribution < 1.29 is 9.59 Å². The molecule has 1 atom stereocenters. The van der Waals surface area contributed by atoms with Crippen LogP contribution < -0.4 is 5.73 Å². The molecule has 1 aromatic carbocycles. The highest BCUT2D eigenvalue weighted by atomic mass is 16.2. The Morgan fingerprint density at radius 1 is 1.56 bits per heavy atom. The average Bonchev–Trinajstić information content (AvgIpc) is 2.27. The highest BCUT2D eigenvalue weighted by Gasteiger charge is 2.32. The van der Waals surface area contributed by atoms with Crippen LogP contribution in [0.2, 0.25) is 0 Å². The van der Waals surface area contributed by atoms with E-state index in [1.54, 1.807) is 12.1 Å². The Labute approximate surface area is 94.0 Å². The van der Waals surface area contributed by atoms with Gasteiger partial charge in [0.1, 0.15) is 6.04 Å². The van der Waals surface area contributed by atoms with Crippen molar-refractivity contribution in [3.8, 4) is 0 Å². The van der Waals surface area contributed by atoms with Crippen molar-refractivity contribution in [2.75, 3.05) is 6.54 Å². The maximum Gasteiger partial charge on any atom is 0.244 e. The molecule has 1 unspecified atom stereocenters. The SMILES string of the molecule is CC(=O)N1CCc2c[c]ccc2C1C(N)=O. The maximum atomic E-state index is 11.5. The summed E-state index contributed by atoms with van der Waals surface area (Å²) in [5.74, 6) is -0.607. The lowest BCUT2D eigenvalue weighted by molar-refractivity contribution is -0.138. The molecule has 1 aliphatic rings. The molecule has 1 aromatic rings. The van der Waals surface area contributed by atoms with Crippen LogP contribution in [0.4, 0.5) is 0 Å². The molecule has 83 valence electrons. The van der Waals surface area contributed by atoms with Crippen LogP contribution in [0.15, 0.2) is 18.2 Å². The van der Waals surface area contributed by atoms with Crippen LogP contribution >= 0.6 is 0 Å². The zero-order valence-electron chi connectivity index (χ0n) is 9.06. The summed E-state index contributed by atoms with van der Waals surface area (Å²) in [6.45, 7) is 1.99. The zero-order chi connectivity index (χ0) is 11.7. The number of hydrogen-bond donors (Lipinski definition) is 1.